The number of hydrogen-bond donors (Lipinski definition) is 2. The number of ether oxygens (including phenoxy) is 1. The third kappa shape index (κ3) is 2.98. The molecule has 1 rings (SSSR count). The quantitative estimate of drug-likeness (QED) is 0.758. The minimum absolute atomic E-state index is 0.0243. The Bertz CT molecular complexity index is 400. The second-order valence-corrected chi connectivity index (χ2v) is 3.06. The summed E-state index contributed by atoms with van der Waals surface area (Å²) >= 11 is 0. The molecule has 0 fully saturated rings. The maximum Gasteiger partial charge on any atom is 0.339 e. The van der Waals surface area contributed by atoms with Crippen molar-refractivity contribution in [3.63, 3.8) is 0 Å². The normalized spacial score (nSPS) is 9.67. The van der Waals surface area contributed by atoms with Crippen LogP contribution < -0.4 is 10.5 Å². The standard InChI is InChI=1S/C10H11NO4/c1-6-2-3-8(15-5-9(11)12)7(4-6)10(13)14/h2-4H,5H2,1H3,(H2,11,12)(H,13,14). The van der Waals surface area contributed by atoms with Gasteiger partial charge in [0, 0.05) is 0 Å². The molecular formula is C10H11NO4. The highest BCUT2D eigenvalue weighted by Crippen LogP contribution is 2.19. The van der Waals surface area contributed by atoms with Crippen LogP contribution in [0.3, 0.4) is 0 Å². The van der Waals surface area contributed by atoms with Crippen LogP contribution in [0.5, 0.6) is 5.75 Å². The molecule has 5 heteroatoms. The van der Waals surface area contributed by atoms with Crippen LogP contribution in [0.2, 0.25) is 0 Å². The predicted molar refractivity (Wildman–Crippen MR) is 52.8 cm³/mol. The van der Waals surface area contributed by atoms with Crippen molar-refractivity contribution in [1.82, 2.24) is 0 Å². The lowest BCUT2D eigenvalue weighted by atomic mass is 10.1. The van der Waals surface area contributed by atoms with E-state index < -0.39 is 11.9 Å². The molecule has 0 bridgehead atoms. The van der Waals surface area contributed by atoms with E-state index in [9.17, 15) is 9.59 Å². The third-order valence-corrected chi connectivity index (χ3v) is 1.74. The van der Waals surface area contributed by atoms with Crippen molar-refractivity contribution < 1.29 is 19.4 Å². The van der Waals surface area contributed by atoms with Crippen LogP contribution in [0.15, 0.2) is 18.2 Å². The van der Waals surface area contributed by atoms with E-state index in [4.69, 9.17) is 15.6 Å². The summed E-state index contributed by atoms with van der Waals surface area (Å²) in [4.78, 5) is 21.3. The van der Waals surface area contributed by atoms with E-state index in [1.54, 1.807) is 13.0 Å². The van der Waals surface area contributed by atoms with Gasteiger partial charge in [-0.3, -0.25) is 4.79 Å². The highest BCUT2D eigenvalue weighted by molar-refractivity contribution is 5.91. The number of amides is 1. The Kier molecular flexibility index (Phi) is 3.28. The molecule has 0 aliphatic carbocycles. The van der Waals surface area contributed by atoms with E-state index in [0.29, 0.717) is 0 Å². The number of carbonyl (C=O) groups excluding carboxylic acids is 1. The van der Waals surface area contributed by atoms with Crippen LogP contribution in [0.25, 0.3) is 0 Å². The zero-order valence-electron chi connectivity index (χ0n) is 8.19. The number of carboxylic acid groups (broad SMARTS) is 1. The number of aryl methyl sites for hydroxylation is 1. The van der Waals surface area contributed by atoms with E-state index >= 15 is 0 Å². The molecule has 1 aromatic carbocycles. The number of rotatable bonds is 4. The lowest BCUT2D eigenvalue weighted by Crippen LogP contribution is -2.20. The fourth-order valence-corrected chi connectivity index (χ4v) is 1.09. The molecule has 1 aromatic rings. The van der Waals surface area contributed by atoms with Crippen molar-refractivity contribution in [1.29, 1.82) is 0 Å². The first kappa shape index (κ1) is 11.0. The van der Waals surface area contributed by atoms with Crippen molar-refractivity contribution in [2.75, 3.05) is 6.61 Å². The first-order valence-electron chi connectivity index (χ1n) is 4.25. The Morgan fingerprint density at radius 1 is 1.47 bits per heavy atom. The molecule has 0 aliphatic rings. The number of carboxylic acids is 1. The van der Waals surface area contributed by atoms with Gasteiger partial charge < -0.3 is 15.6 Å². The summed E-state index contributed by atoms with van der Waals surface area (Å²) in [6.07, 6.45) is 0. The summed E-state index contributed by atoms with van der Waals surface area (Å²) in [6, 6.07) is 4.67. The van der Waals surface area contributed by atoms with Gasteiger partial charge in [0.1, 0.15) is 11.3 Å². The Morgan fingerprint density at radius 3 is 2.67 bits per heavy atom. The van der Waals surface area contributed by atoms with Gasteiger partial charge in [0.25, 0.3) is 5.91 Å². The highest BCUT2D eigenvalue weighted by atomic mass is 16.5. The minimum Gasteiger partial charge on any atom is -0.483 e. The van der Waals surface area contributed by atoms with Gasteiger partial charge in [0.2, 0.25) is 0 Å². The second kappa shape index (κ2) is 4.45. The lowest BCUT2D eigenvalue weighted by Gasteiger charge is -2.07. The van der Waals surface area contributed by atoms with Crippen molar-refractivity contribution in [3.05, 3.63) is 29.3 Å². The zero-order chi connectivity index (χ0) is 11.4. The second-order valence-electron chi connectivity index (χ2n) is 3.06. The van der Waals surface area contributed by atoms with Crippen LogP contribution in [0.1, 0.15) is 15.9 Å². The maximum absolute atomic E-state index is 10.8. The summed E-state index contributed by atoms with van der Waals surface area (Å²) < 4.78 is 4.96. The van der Waals surface area contributed by atoms with Gasteiger partial charge in [-0.25, -0.2) is 4.79 Å². The van der Waals surface area contributed by atoms with Gasteiger partial charge >= 0.3 is 5.97 Å². The van der Waals surface area contributed by atoms with E-state index in [0.717, 1.165) is 5.56 Å². The average molecular weight is 209 g/mol. The number of primary amides is 1. The molecule has 80 valence electrons. The fourth-order valence-electron chi connectivity index (χ4n) is 1.09. The Balaban J connectivity index is 2.95. The number of hydrogen-bond acceptors (Lipinski definition) is 3. The minimum atomic E-state index is -1.10. The molecule has 0 saturated carbocycles. The summed E-state index contributed by atoms with van der Waals surface area (Å²) in [6.45, 7) is 1.44. The van der Waals surface area contributed by atoms with Crippen LogP contribution in [0.4, 0.5) is 0 Å². The van der Waals surface area contributed by atoms with Crippen LogP contribution in [0, 0.1) is 6.92 Å². The molecular weight excluding hydrogens is 198 g/mol. The van der Waals surface area contributed by atoms with Crippen LogP contribution in [-0.4, -0.2) is 23.6 Å². The molecule has 15 heavy (non-hydrogen) atoms. The summed E-state index contributed by atoms with van der Waals surface area (Å²) in [5.74, 6) is -1.60. The average Bonchev–Trinajstić information content (AvgIpc) is 2.15. The Morgan fingerprint density at radius 2 is 2.13 bits per heavy atom. The number of aromatic carboxylic acids is 1. The van der Waals surface area contributed by atoms with E-state index in [2.05, 4.69) is 0 Å². The molecule has 0 aromatic heterocycles. The SMILES string of the molecule is Cc1ccc(OCC(N)=O)c(C(=O)O)c1. The number of carbonyl (C=O) groups is 2. The maximum atomic E-state index is 10.8. The zero-order valence-corrected chi connectivity index (χ0v) is 8.19. The fraction of sp³-hybridized carbons (Fsp3) is 0.200. The van der Waals surface area contributed by atoms with Crippen molar-refractivity contribution in [2.24, 2.45) is 5.73 Å². The van der Waals surface area contributed by atoms with E-state index in [-0.39, 0.29) is 17.9 Å². The smallest absolute Gasteiger partial charge is 0.339 e. The third-order valence-electron chi connectivity index (χ3n) is 1.74. The predicted octanol–water partition coefficient (Wildman–Crippen LogP) is 0.557. The molecule has 3 N–H and O–H groups in total. The van der Waals surface area contributed by atoms with Crippen LogP contribution in [-0.2, 0) is 4.79 Å². The van der Waals surface area contributed by atoms with Crippen LogP contribution >= 0.6 is 0 Å². The largest absolute Gasteiger partial charge is 0.483 e. The van der Waals surface area contributed by atoms with Crippen molar-refractivity contribution in [2.45, 2.75) is 6.92 Å². The van der Waals surface area contributed by atoms with E-state index in [1.165, 1.54) is 12.1 Å². The molecule has 0 unspecified atom stereocenters. The summed E-state index contributed by atoms with van der Waals surface area (Å²) in [5.41, 5.74) is 5.71. The topological polar surface area (TPSA) is 89.6 Å². The molecule has 0 atom stereocenters. The monoisotopic (exact) mass is 209 g/mol. The summed E-state index contributed by atoms with van der Waals surface area (Å²) in [7, 11) is 0. The summed E-state index contributed by atoms with van der Waals surface area (Å²) in [5, 5.41) is 8.86. The lowest BCUT2D eigenvalue weighted by molar-refractivity contribution is -0.119. The number of benzene rings is 1. The molecule has 0 radical (unpaired) electrons. The first-order chi connectivity index (χ1) is 7.00. The molecule has 0 spiro atoms. The van der Waals surface area contributed by atoms with Gasteiger partial charge in [-0.15, -0.1) is 0 Å². The Hall–Kier alpha value is -2.04. The van der Waals surface area contributed by atoms with Gasteiger partial charge in [-0.05, 0) is 19.1 Å². The highest BCUT2D eigenvalue weighted by Gasteiger charge is 2.11. The number of nitrogens with two attached hydrogens (primary N) is 1. The molecule has 0 heterocycles. The van der Waals surface area contributed by atoms with E-state index in [1.807, 2.05) is 0 Å². The Labute approximate surface area is 86.5 Å². The molecule has 5 nitrogen and oxygen atoms in total. The molecule has 0 aliphatic heterocycles. The molecule has 0 saturated heterocycles. The van der Waals surface area contributed by atoms with Gasteiger partial charge in [-0.1, -0.05) is 11.6 Å². The first-order valence-corrected chi connectivity index (χ1v) is 4.25. The van der Waals surface area contributed by atoms with Crippen molar-refractivity contribution >= 4 is 11.9 Å². The van der Waals surface area contributed by atoms with Gasteiger partial charge in [0.05, 0.1) is 0 Å². The van der Waals surface area contributed by atoms with Crippen molar-refractivity contribution in [3.8, 4) is 5.75 Å². The molecule has 1 amide bonds. The van der Waals surface area contributed by atoms with Gasteiger partial charge in [-0.2, -0.15) is 0 Å². The van der Waals surface area contributed by atoms with Gasteiger partial charge in [0.15, 0.2) is 6.61 Å².